The minimum absolute atomic E-state index is 0.129. The Bertz CT molecular complexity index is 1060. The van der Waals surface area contributed by atoms with E-state index in [1.165, 1.54) is 6.07 Å². The number of phenols is 1. The first-order chi connectivity index (χ1) is 12.7. The van der Waals surface area contributed by atoms with Crippen molar-refractivity contribution in [3.05, 3.63) is 52.8 Å². The van der Waals surface area contributed by atoms with Gasteiger partial charge in [0.15, 0.2) is 5.82 Å². The molecule has 2 aromatic rings. The lowest BCUT2D eigenvalue weighted by Gasteiger charge is -2.18. The molecule has 2 aromatic carbocycles. The van der Waals surface area contributed by atoms with Crippen LogP contribution in [0.15, 0.2) is 30.3 Å². The maximum absolute atomic E-state index is 14.5. The SMILES string of the molecule is Cc1ccc(C#N)cc1NCc1cc(O)c(N2CC(=O)NS2(=O)=O)c(F)c1. The van der Waals surface area contributed by atoms with E-state index in [0.717, 1.165) is 11.6 Å². The molecule has 1 aliphatic rings. The summed E-state index contributed by atoms with van der Waals surface area (Å²) >= 11 is 0. The molecular formula is C17H15FN4O4S. The highest BCUT2D eigenvalue weighted by molar-refractivity contribution is 7.92. The number of halogens is 1. The van der Waals surface area contributed by atoms with Gasteiger partial charge in [-0.1, -0.05) is 6.07 Å². The fraction of sp³-hybridized carbons (Fsp3) is 0.176. The van der Waals surface area contributed by atoms with Gasteiger partial charge in [0.25, 0.3) is 5.91 Å². The predicted octanol–water partition coefficient (Wildman–Crippen LogP) is 1.50. The van der Waals surface area contributed by atoms with Crippen molar-refractivity contribution in [2.45, 2.75) is 13.5 Å². The zero-order valence-electron chi connectivity index (χ0n) is 14.2. The summed E-state index contributed by atoms with van der Waals surface area (Å²) in [6.07, 6.45) is 0. The number of aromatic hydroxyl groups is 1. The molecule has 1 saturated heterocycles. The van der Waals surface area contributed by atoms with E-state index >= 15 is 0 Å². The fourth-order valence-corrected chi connectivity index (χ4v) is 3.88. The maximum atomic E-state index is 14.5. The Morgan fingerprint density at radius 1 is 1.37 bits per heavy atom. The van der Waals surface area contributed by atoms with Gasteiger partial charge in [-0.2, -0.15) is 13.7 Å². The second-order valence-corrected chi connectivity index (χ2v) is 7.57. The van der Waals surface area contributed by atoms with Crippen LogP contribution in [0.4, 0.5) is 15.8 Å². The Kier molecular flexibility index (Phi) is 4.63. The molecule has 1 aliphatic heterocycles. The average molecular weight is 390 g/mol. The minimum atomic E-state index is -4.23. The summed E-state index contributed by atoms with van der Waals surface area (Å²) in [6, 6.07) is 9.40. The number of carbonyl (C=O) groups is 1. The lowest BCUT2D eigenvalue weighted by Crippen LogP contribution is -2.30. The molecule has 0 spiro atoms. The average Bonchev–Trinajstić information content (AvgIpc) is 2.86. The first kappa shape index (κ1) is 18.5. The quantitative estimate of drug-likeness (QED) is 0.727. The van der Waals surface area contributed by atoms with E-state index in [4.69, 9.17) is 5.26 Å². The van der Waals surface area contributed by atoms with Gasteiger partial charge in [-0.25, -0.2) is 13.4 Å². The highest BCUT2D eigenvalue weighted by Gasteiger charge is 2.37. The van der Waals surface area contributed by atoms with Crippen LogP contribution in [0.3, 0.4) is 0 Å². The van der Waals surface area contributed by atoms with Gasteiger partial charge in [0.1, 0.15) is 18.0 Å². The molecule has 1 fully saturated rings. The molecular weight excluding hydrogens is 375 g/mol. The molecule has 0 unspecified atom stereocenters. The van der Waals surface area contributed by atoms with Gasteiger partial charge in [0.2, 0.25) is 0 Å². The molecule has 0 radical (unpaired) electrons. The highest BCUT2D eigenvalue weighted by atomic mass is 32.2. The van der Waals surface area contributed by atoms with E-state index < -0.39 is 39.9 Å². The third kappa shape index (κ3) is 3.63. The van der Waals surface area contributed by atoms with Crippen LogP contribution in [-0.4, -0.2) is 26.0 Å². The van der Waals surface area contributed by atoms with Crippen LogP contribution in [0.5, 0.6) is 5.75 Å². The Morgan fingerprint density at radius 2 is 2.11 bits per heavy atom. The summed E-state index contributed by atoms with van der Waals surface area (Å²) < 4.78 is 40.4. The van der Waals surface area contributed by atoms with E-state index in [0.29, 0.717) is 21.1 Å². The van der Waals surface area contributed by atoms with Crippen molar-refractivity contribution in [1.82, 2.24) is 4.72 Å². The number of amides is 1. The molecule has 27 heavy (non-hydrogen) atoms. The number of rotatable bonds is 4. The maximum Gasteiger partial charge on any atom is 0.326 e. The van der Waals surface area contributed by atoms with E-state index in [2.05, 4.69) is 5.32 Å². The Balaban J connectivity index is 1.86. The number of phenolic OH excluding ortho intramolecular Hbond substituents is 1. The third-order valence-electron chi connectivity index (χ3n) is 4.02. The summed E-state index contributed by atoms with van der Waals surface area (Å²) in [5, 5.41) is 22.1. The minimum Gasteiger partial charge on any atom is -0.506 e. The standard InChI is InChI=1S/C17H15FN4O4S/c1-10-2-3-11(7-19)5-14(10)20-8-12-4-13(18)17(15(23)6-12)22-9-16(24)21-27(22,25)26/h2-6,20,23H,8-9H2,1H3,(H,21,24). The van der Waals surface area contributed by atoms with Crippen LogP contribution in [-0.2, 0) is 21.5 Å². The van der Waals surface area contributed by atoms with Gasteiger partial charge in [0, 0.05) is 12.2 Å². The van der Waals surface area contributed by atoms with E-state index in [1.807, 2.05) is 13.0 Å². The van der Waals surface area contributed by atoms with Crippen molar-refractivity contribution >= 4 is 27.5 Å². The van der Waals surface area contributed by atoms with Gasteiger partial charge < -0.3 is 10.4 Å². The molecule has 0 bridgehead atoms. The first-order valence-electron chi connectivity index (χ1n) is 7.80. The zero-order chi connectivity index (χ0) is 19.8. The van der Waals surface area contributed by atoms with Crippen LogP contribution in [0.1, 0.15) is 16.7 Å². The largest absolute Gasteiger partial charge is 0.506 e. The second kappa shape index (κ2) is 6.77. The Morgan fingerprint density at radius 3 is 2.70 bits per heavy atom. The molecule has 0 aromatic heterocycles. The van der Waals surface area contributed by atoms with Crippen molar-refractivity contribution in [3.63, 3.8) is 0 Å². The number of nitrogens with zero attached hydrogens (tertiary/aromatic N) is 2. The van der Waals surface area contributed by atoms with E-state index in [1.54, 1.807) is 22.9 Å². The van der Waals surface area contributed by atoms with Crippen LogP contribution < -0.4 is 14.3 Å². The lowest BCUT2D eigenvalue weighted by molar-refractivity contribution is -0.117. The third-order valence-corrected chi connectivity index (χ3v) is 5.40. The number of anilines is 2. The summed E-state index contributed by atoms with van der Waals surface area (Å²) in [5.74, 6) is -2.39. The van der Waals surface area contributed by atoms with E-state index in [9.17, 15) is 22.7 Å². The molecule has 3 rings (SSSR count). The highest BCUT2D eigenvalue weighted by Crippen LogP contribution is 2.34. The number of benzene rings is 2. The summed E-state index contributed by atoms with van der Waals surface area (Å²) in [5.41, 5.74) is 1.79. The van der Waals surface area contributed by atoms with Crippen molar-refractivity contribution < 1.29 is 22.7 Å². The molecule has 10 heteroatoms. The van der Waals surface area contributed by atoms with Crippen LogP contribution in [0.2, 0.25) is 0 Å². The molecule has 3 N–H and O–H groups in total. The van der Waals surface area contributed by atoms with Crippen LogP contribution in [0, 0.1) is 24.1 Å². The molecule has 0 aliphatic carbocycles. The Labute approximate surface area is 155 Å². The van der Waals surface area contributed by atoms with Gasteiger partial charge >= 0.3 is 10.2 Å². The van der Waals surface area contributed by atoms with Gasteiger partial charge in [-0.3, -0.25) is 4.79 Å². The first-order valence-corrected chi connectivity index (χ1v) is 9.24. The number of nitrogens with one attached hydrogen (secondary N) is 2. The number of hydrogen-bond acceptors (Lipinski definition) is 6. The summed E-state index contributed by atoms with van der Waals surface area (Å²) in [4.78, 5) is 11.3. The second-order valence-electron chi connectivity index (χ2n) is 5.98. The molecule has 1 heterocycles. The van der Waals surface area contributed by atoms with E-state index in [-0.39, 0.29) is 6.54 Å². The normalized spacial score (nSPS) is 15.3. The number of carbonyl (C=O) groups excluding carboxylic acids is 1. The van der Waals surface area contributed by atoms with Crippen LogP contribution in [0.25, 0.3) is 0 Å². The van der Waals surface area contributed by atoms with Gasteiger partial charge in [-0.15, -0.1) is 0 Å². The topological polar surface area (TPSA) is 123 Å². The Hall–Kier alpha value is -3.32. The molecule has 0 atom stereocenters. The van der Waals surface area contributed by atoms with Crippen molar-refractivity contribution in [3.8, 4) is 11.8 Å². The van der Waals surface area contributed by atoms with Crippen molar-refractivity contribution in [1.29, 1.82) is 5.26 Å². The monoisotopic (exact) mass is 390 g/mol. The fourth-order valence-electron chi connectivity index (χ4n) is 2.71. The van der Waals surface area contributed by atoms with Gasteiger partial charge in [-0.05, 0) is 42.3 Å². The van der Waals surface area contributed by atoms with Crippen LogP contribution >= 0.6 is 0 Å². The van der Waals surface area contributed by atoms with Crippen molar-refractivity contribution in [2.24, 2.45) is 0 Å². The summed E-state index contributed by atoms with van der Waals surface area (Å²) in [6.45, 7) is 1.36. The summed E-state index contributed by atoms with van der Waals surface area (Å²) in [7, 11) is -4.23. The lowest BCUT2D eigenvalue weighted by atomic mass is 10.1. The smallest absolute Gasteiger partial charge is 0.326 e. The molecule has 140 valence electrons. The molecule has 8 nitrogen and oxygen atoms in total. The van der Waals surface area contributed by atoms with Crippen molar-refractivity contribution in [2.75, 3.05) is 16.2 Å². The molecule has 0 saturated carbocycles. The number of aryl methyl sites for hydroxylation is 1. The van der Waals surface area contributed by atoms with Gasteiger partial charge in [0.05, 0.1) is 11.6 Å². The predicted molar refractivity (Wildman–Crippen MR) is 95.7 cm³/mol. The molecule has 1 amide bonds. The number of hydrogen-bond donors (Lipinski definition) is 3. The zero-order valence-corrected chi connectivity index (χ0v) is 15.0. The number of nitriles is 1.